The van der Waals surface area contributed by atoms with Crippen molar-refractivity contribution in [2.45, 2.75) is 0 Å². The molecule has 0 fully saturated rings. The standard InChI is InChI=1S/C9H8O2/c10-9(11)7-6-8-4-2-1-3-5-8/h1-7H,(H,10,11)/i9+2. The monoisotopic (exact) mass is 150 g/mol. The number of hydrogen-bond acceptors (Lipinski definition) is 1. The van der Waals surface area contributed by atoms with Gasteiger partial charge in [-0.2, -0.15) is 0 Å². The lowest BCUT2D eigenvalue weighted by Crippen LogP contribution is -1.85. The van der Waals surface area contributed by atoms with Crippen LogP contribution in [0.4, 0.5) is 0 Å². The number of benzene rings is 1. The van der Waals surface area contributed by atoms with Gasteiger partial charge in [0.2, 0.25) is 0 Å². The fourth-order valence-electron chi connectivity index (χ4n) is 0.732. The molecule has 0 radical (unpaired) electrons. The average molecular weight is 150 g/mol. The Hall–Kier alpha value is -1.57. The third-order valence-corrected chi connectivity index (χ3v) is 1.22. The number of rotatable bonds is 2. The molecule has 0 saturated carbocycles. The molecule has 0 bridgehead atoms. The van der Waals surface area contributed by atoms with Crippen LogP contribution in [0.2, 0.25) is 0 Å². The lowest BCUT2D eigenvalue weighted by atomic mass is 10.2. The van der Waals surface area contributed by atoms with Crippen molar-refractivity contribution >= 4 is 12.0 Å². The number of hydrogen-bond donors (Lipinski definition) is 1. The van der Waals surface area contributed by atoms with Crippen LogP contribution in [0, 0.1) is 0 Å². The highest BCUT2D eigenvalue weighted by molar-refractivity contribution is 5.85. The van der Waals surface area contributed by atoms with Gasteiger partial charge in [-0.05, 0) is 11.6 Å². The first-order chi connectivity index (χ1) is 5.29. The molecule has 0 aliphatic rings. The molecular weight excluding hydrogens is 142 g/mol. The quantitative estimate of drug-likeness (QED) is 0.652. The van der Waals surface area contributed by atoms with E-state index in [1.165, 1.54) is 0 Å². The van der Waals surface area contributed by atoms with Gasteiger partial charge in [-0.1, -0.05) is 30.3 Å². The van der Waals surface area contributed by atoms with Crippen LogP contribution >= 0.6 is 0 Å². The topological polar surface area (TPSA) is 37.3 Å². The zero-order valence-corrected chi connectivity index (χ0v) is 5.90. The molecule has 11 heavy (non-hydrogen) atoms. The smallest absolute Gasteiger partial charge is 0.328 e. The molecule has 2 heteroatoms. The van der Waals surface area contributed by atoms with Crippen molar-refractivity contribution in [2.24, 2.45) is 0 Å². The van der Waals surface area contributed by atoms with Crippen molar-refractivity contribution in [3.05, 3.63) is 42.0 Å². The molecule has 2 nitrogen and oxygen atoms in total. The molecule has 1 N–H and O–H groups in total. The van der Waals surface area contributed by atoms with Crippen molar-refractivity contribution < 1.29 is 9.90 Å². The second-order valence-electron chi connectivity index (χ2n) is 2.08. The summed E-state index contributed by atoms with van der Waals surface area (Å²) < 4.78 is 0. The Morgan fingerprint density at radius 1 is 1.27 bits per heavy atom. The maximum atomic E-state index is 10.1. The molecule has 0 aromatic heterocycles. The molecule has 0 atom stereocenters. The minimum atomic E-state index is -0.922. The van der Waals surface area contributed by atoms with Crippen LogP contribution in [0.5, 0.6) is 0 Å². The first-order valence-electron chi connectivity index (χ1n) is 3.25. The zero-order chi connectivity index (χ0) is 8.10. The van der Waals surface area contributed by atoms with Gasteiger partial charge in [-0.15, -0.1) is 0 Å². The minimum absolute atomic E-state index is 0.898. The maximum absolute atomic E-state index is 10.1. The van der Waals surface area contributed by atoms with E-state index in [1.807, 2.05) is 30.3 Å². The van der Waals surface area contributed by atoms with Crippen LogP contribution in [0.25, 0.3) is 6.08 Å². The van der Waals surface area contributed by atoms with Crippen molar-refractivity contribution in [3.63, 3.8) is 0 Å². The highest BCUT2D eigenvalue weighted by Gasteiger charge is 1.85. The van der Waals surface area contributed by atoms with Crippen LogP contribution in [-0.4, -0.2) is 11.1 Å². The number of carboxylic acid groups (broad SMARTS) is 1. The molecule has 0 heterocycles. The van der Waals surface area contributed by atoms with Gasteiger partial charge in [-0.3, -0.25) is 0 Å². The van der Waals surface area contributed by atoms with E-state index >= 15 is 0 Å². The summed E-state index contributed by atoms with van der Waals surface area (Å²) in [5, 5.41) is 8.29. The summed E-state index contributed by atoms with van der Waals surface area (Å²) in [7, 11) is 0. The summed E-state index contributed by atoms with van der Waals surface area (Å²) >= 11 is 0. The summed E-state index contributed by atoms with van der Waals surface area (Å²) in [5.74, 6) is -0.922. The summed E-state index contributed by atoms with van der Waals surface area (Å²) in [6.45, 7) is 0. The van der Waals surface area contributed by atoms with E-state index in [-0.39, 0.29) is 0 Å². The van der Waals surface area contributed by atoms with E-state index in [0.717, 1.165) is 11.6 Å². The maximum Gasteiger partial charge on any atom is 0.328 e. The number of carbonyl (C=O) groups is 1. The highest BCUT2D eigenvalue weighted by atomic mass is 16.6. The SMILES string of the molecule is O=[14C](O)C=Cc1ccccc1. The second-order valence-corrected chi connectivity index (χ2v) is 2.08. The Balaban J connectivity index is 2.72. The largest absolute Gasteiger partial charge is 0.478 e. The van der Waals surface area contributed by atoms with Gasteiger partial charge in [0.05, 0.1) is 0 Å². The van der Waals surface area contributed by atoms with Gasteiger partial charge in [-0.25, -0.2) is 4.79 Å². The molecule has 1 aromatic rings. The number of carboxylic acids is 1. The van der Waals surface area contributed by atoms with Crippen LogP contribution in [0.1, 0.15) is 5.56 Å². The third kappa shape index (κ3) is 2.67. The predicted molar refractivity (Wildman–Crippen MR) is 43.1 cm³/mol. The van der Waals surface area contributed by atoms with Crippen LogP contribution in [0.3, 0.4) is 0 Å². The number of aliphatic carboxylic acids is 1. The van der Waals surface area contributed by atoms with E-state index in [2.05, 4.69) is 0 Å². The van der Waals surface area contributed by atoms with Gasteiger partial charge < -0.3 is 5.11 Å². The van der Waals surface area contributed by atoms with E-state index in [0.29, 0.717) is 0 Å². The lowest BCUT2D eigenvalue weighted by Gasteiger charge is -1.87. The van der Waals surface area contributed by atoms with E-state index in [1.54, 1.807) is 6.08 Å². The van der Waals surface area contributed by atoms with E-state index in [9.17, 15) is 4.79 Å². The van der Waals surface area contributed by atoms with Gasteiger partial charge in [0.1, 0.15) is 0 Å². The molecule has 0 unspecified atom stereocenters. The van der Waals surface area contributed by atoms with Crippen LogP contribution < -0.4 is 0 Å². The first-order valence-corrected chi connectivity index (χ1v) is 3.25. The average Bonchev–Trinajstić information content (AvgIpc) is 2.03. The highest BCUT2D eigenvalue weighted by Crippen LogP contribution is 1.99. The Morgan fingerprint density at radius 2 is 1.91 bits per heavy atom. The fraction of sp³-hybridized carbons (Fsp3) is 0. The van der Waals surface area contributed by atoms with Crippen molar-refractivity contribution in [2.75, 3.05) is 0 Å². The molecule has 1 aromatic carbocycles. The summed E-state index contributed by atoms with van der Waals surface area (Å²) in [6.07, 6.45) is 2.68. The summed E-state index contributed by atoms with van der Waals surface area (Å²) in [4.78, 5) is 10.1. The molecule has 1 rings (SSSR count). The Bertz CT molecular complexity index is 262. The minimum Gasteiger partial charge on any atom is -0.478 e. The zero-order valence-electron chi connectivity index (χ0n) is 5.90. The van der Waals surface area contributed by atoms with Gasteiger partial charge in [0.15, 0.2) is 0 Å². The molecule has 0 spiro atoms. The Morgan fingerprint density at radius 3 is 2.45 bits per heavy atom. The van der Waals surface area contributed by atoms with Crippen molar-refractivity contribution in [3.8, 4) is 0 Å². The first kappa shape index (κ1) is 7.54. The van der Waals surface area contributed by atoms with Crippen LogP contribution in [-0.2, 0) is 4.79 Å². The lowest BCUT2D eigenvalue weighted by molar-refractivity contribution is -0.131. The van der Waals surface area contributed by atoms with Gasteiger partial charge >= 0.3 is 5.97 Å². The van der Waals surface area contributed by atoms with Gasteiger partial charge in [0, 0.05) is 6.08 Å². The van der Waals surface area contributed by atoms with E-state index < -0.39 is 5.97 Å². The fourth-order valence-corrected chi connectivity index (χ4v) is 0.732. The van der Waals surface area contributed by atoms with Crippen LogP contribution in [0.15, 0.2) is 36.4 Å². The molecular formula is C9H8O2. The predicted octanol–water partition coefficient (Wildman–Crippen LogP) is 1.78. The van der Waals surface area contributed by atoms with E-state index in [4.69, 9.17) is 5.11 Å². The van der Waals surface area contributed by atoms with Gasteiger partial charge in [0.25, 0.3) is 0 Å². The second kappa shape index (κ2) is 3.56. The summed E-state index contributed by atoms with van der Waals surface area (Å²) in [6, 6.07) is 9.31. The third-order valence-electron chi connectivity index (χ3n) is 1.22. The Labute approximate surface area is 64.8 Å². The Kier molecular flexibility index (Phi) is 2.44. The molecule has 0 aliphatic carbocycles. The summed E-state index contributed by atoms with van der Waals surface area (Å²) in [5.41, 5.74) is 0.898. The van der Waals surface area contributed by atoms with Crippen molar-refractivity contribution in [1.29, 1.82) is 0 Å². The molecule has 0 saturated heterocycles. The normalized spacial score (nSPS) is 10.2. The molecule has 56 valence electrons. The van der Waals surface area contributed by atoms with Crippen molar-refractivity contribution in [1.82, 2.24) is 0 Å². The molecule has 0 aliphatic heterocycles. The molecule has 0 amide bonds.